The zero-order valence-electron chi connectivity index (χ0n) is 15.6. The van der Waals surface area contributed by atoms with Crippen LogP contribution in [-0.2, 0) is 20.9 Å². The number of hydrogen-bond donors (Lipinski definition) is 1. The van der Waals surface area contributed by atoms with Gasteiger partial charge in [0, 0.05) is 17.8 Å². The lowest BCUT2D eigenvalue weighted by molar-refractivity contribution is -0.137. The Balaban J connectivity index is 1.99. The van der Waals surface area contributed by atoms with E-state index in [0.717, 1.165) is 5.56 Å². The van der Waals surface area contributed by atoms with Crippen LogP contribution in [0.1, 0.15) is 5.56 Å². The number of aliphatic imine (C=N–C) groups is 1. The molecule has 1 aliphatic carbocycles. The molecule has 0 saturated heterocycles. The van der Waals surface area contributed by atoms with Gasteiger partial charge in [0.25, 0.3) is 5.91 Å². The summed E-state index contributed by atoms with van der Waals surface area (Å²) in [5.74, 6) is -0.611. The second-order valence-corrected chi connectivity index (χ2v) is 6.40. The fraction of sp³-hybridized carbons (Fsp3) is 0.250. The number of carbonyl (C=O) groups is 2. The number of amides is 1. The average molecular weight is 403 g/mol. The van der Waals surface area contributed by atoms with Crippen LogP contribution in [0.25, 0.3) is 0 Å². The summed E-state index contributed by atoms with van der Waals surface area (Å²) < 4.78 is 15.4. The van der Waals surface area contributed by atoms with E-state index in [0.29, 0.717) is 27.9 Å². The topological polar surface area (TPSA) is 86.2 Å². The standard InChI is InChI=1S/C20H19ClN2O5/c1-26-12-7-8-15(27-2)11(9-12)10-22-18-13-5-4-6-14(21)17(13)23-19(24)16(18)20(25)28-3/h4-9,13,22H,10H2,1-3H3. The highest BCUT2D eigenvalue weighted by Gasteiger charge is 2.36. The third-order valence-electron chi connectivity index (χ3n) is 4.45. The van der Waals surface area contributed by atoms with Gasteiger partial charge in [-0.15, -0.1) is 0 Å². The summed E-state index contributed by atoms with van der Waals surface area (Å²) in [4.78, 5) is 28.7. The molecule has 1 N–H and O–H groups in total. The molecular weight excluding hydrogens is 384 g/mol. The molecule has 1 atom stereocenters. The van der Waals surface area contributed by atoms with E-state index in [1.165, 1.54) is 7.11 Å². The molecule has 0 radical (unpaired) electrons. The number of nitrogens with one attached hydrogen (secondary N) is 1. The molecule has 1 aromatic rings. The summed E-state index contributed by atoms with van der Waals surface area (Å²) in [7, 11) is 4.35. The van der Waals surface area contributed by atoms with Crippen molar-refractivity contribution < 1.29 is 23.8 Å². The molecule has 1 amide bonds. The van der Waals surface area contributed by atoms with E-state index in [-0.39, 0.29) is 12.1 Å². The van der Waals surface area contributed by atoms with Crippen molar-refractivity contribution in [3.05, 3.63) is 58.3 Å². The van der Waals surface area contributed by atoms with Crippen LogP contribution in [0.3, 0.4) is 0 Å². The minimum Gasteiger partial charge on any atom is -0.497 e. The smallest absolute Gasteiger partial charge is 0.345 e. The highest BCUT2D eigenvalue weighted by molar-refractivity contribution is 6.46. The van der Waals surface area contributed by atoms with Crippen molar-refractivity contribution in [3.8, 4) is 11.5 Å². The number of nitrogens with zero attached hydrogens (tertiary/aromatic N) is 1. The van der Waals surface area contributed by atoms with E-state index < -0.39 is 17.8 Å². The molecule has 8 heteroatoms. The number of carbonyl (C=O) groups excluding carboxylic acids is 2. The number of benzene rings is 1. The van der Waals surface area contributed by atoms with Crippen LogP contribution in [-0.4, -0.2) is 38.9 Å². The number of hydrogen-bond acceptors (Lipinski definition) is 6. The monoisotopic (exact) mass is 402 g/mol. The zero-order valence-corrected chi connectivity index (χ0v) is 16.4. The normalized spacial score (nSPS) is 18.1. The Morgan fingerprint density at radius 3 is 2.71 bits per heavy atom. The van der Waals surface area contributed by atoms with Gasteiger partial charge in [-0.2, -0.15) is 0 Å². The van der Waals surface area contributed by atoms with Gasteiger partial charge in [-0.25, -0.2) is 9.79 Å². The molecule has 0 saturated carbocycles. The van der Waals surface area contributed by atoms with Crippen LogP contribution in [0.5, 0.6) is 11.5 Å². The van der Waals surface area contributed by atoms with Gasteiger partial charge in [0.1, 0.15) is 17.1 Å². The maximum absolute atomic E-state index is 12.5. The van der Waals surface area contributed by atoms with Crippen LogP contribution in [0.4, 0.5) is 0 Å². The predicted octanol–water partition coefficient (Wildman–Crippen LogP) is 2.51. The van der Waals surface area contributed by atoms with E-state index in [2.05, 4.69) is 10.3 Å². The molecule has 0 bridgehead atoms. The van der Waals surface area contributed by atoms with Crippen molar-refractivity contribution in [2.75, 3.05) is 21.3 Å². The first-order valence-electron chi connectivity index (χ1n) is 8.44. The van der Waals surface area contributed by atoms with Crippen molar-refractivity contribution >= 4 is 29.2 Å². The van der Waals surface area contributed by atoms with Gasteiger partial charge in [0.2, 0.25) is 0 Å². The molecule has 1 aromatic carbocycles. The van der Waals surface area contributed by atoms with Gasteiger partial charge in [-0.1, -0.05) is 23.8 Å². The molecule has 7 nitrogen and oxygen atoms in total. The van der Waals surface area contributed by atoms with E-state index >= 15 is 0 Å². The number of allylic oxidation sites excluding steroid dienone is 4. The maximum atomic E-state index is 12.5. The van der Waals surface area contributed by atoms with Crippen molar-refractivity contribution in [3.63, 3.8) is 0 Å². The lowest BCUT2D eigenvalue weighted by atomic mass is 9.88. The van der Waals surface area contributed by atoms with Gasteiger partial charge in [-0.05, 0) is 24.3 Å². The fourth-order valence-corrected chi connectivity index (χ4v) is 3.31. The van der Waals surface area contributed by atoms with Crippen LogP contribution in [0.15, 0.2) is 57.7 Å². The van der Waals surface area contributed by atoms with Crippen LogP contribution in [0, 0.1) is 5.92 Å². The van der Waals surface area contributed by atoms with Crippen molar-refractivity contribution in [2.45, 2.75) is 6.54 Å². The summed E-state index contributed by atoms with van der Waals surface area (Å²) in [5, 5.41) is 3.53. The highest BCUT2D eigenvalue weighted by Crippen LogP contribution is 2.32. The minimum absolute atomic E-state index is 0.144. The number of rotatable bonds is 6. The van der Waals surface area contributed by atoms with E-state index in [1.54, 1.807) is 38.5 Å². The number of ether oxygens (including phenoxy) is 3. The molecular formula is C20H19ClN2O5. The third-order valence-corrected chi connectivity index (χ3v) is 4.77. The van der Waals surface area contributed by atoms with E-state index in [9.17, 15) is 9.59 Å². The molecule has 1 unspecified atom stereocenters. The molecule has 1 heterocycles. The van der Waals surface area contributed by atoms with Gasteiger partial charge < -0.3 is 19.5 Å². The summed E-state index contributed by atoms with van der Waals surface area (Å²) >= 11 is 6.21. The largest absolute Gasteiger partial charge is 0.497 e. The molecule has 0 fully saturated rings. The Bertz CT molecular complexity index is 946. The van der Waals surface area contributed by atoms with E-state index in [4.69, 9.17) is 25.8 Å². The molecule has 2 aliphatic rings. The van der Waals surface area contributed by atoms with Crippen molar-refractivity contribution in [1.82, 2.24) is 5.32 Å². The molecule has 28 heavy (non-hydrogen) atoms. The Labute approximate surface area is 167 Å². The second-order valence-electron chi connectivity index (χ2n) is 5.99. The van der Waals surface area contributed by atoms with Gasteiger partial charge in [0.15, 0.2) is 0 Å². The Kier molecular flexibility index (Phi) is 5.84. The van der Waals surface area contributed by atoms with Crippen molar-refractivity contribution in [1.29, 1.82) is 0 Å². The molecule has 0 aromatic heterocycles. The summed E-state index contributed by atoms with van der Waals surface area (Å²) in [5.41, 5.74) is 1.42. The Morgan fingerprint density at radius 2 is 2.04 bits per heavy atom. The highest BCUT2D eigenvalue weighted by atomic mass is 35.5. The number of methoxy groups -OCH3 is 3. The number of dihydropyridines is 1. The first-order chi connectivity index (χ1) is 13.5. The Hall–Kier alpha value is -3.06. The zero-order chi connectivity index (χ0) is 20.3. The lowest BCUT2D eigenvalue weighted by Gasteiger charge is -2.27. The predicted molar refractivity (Wildman–Crippen MR) is 104 cm³/mol. The van der Waals surface area contributed by atoms with Crippen LogP contribution < -0.4 is 14.8 Å². The molecule has 1 aliphatic heterocycles. The lowest BCUT2D eigenvalue weighted by Crippen LogP contribution is -2.36. The quantitative estimate of drug-likeness (QED) is 0.581. The molecule has 0 spiro atoms. The summed E-state index contributed by atoms with van der Waals surface area (Å²) in [6.07, 6.45) is 5.21. The maximum Gasteiger partial charge on any atom is 0.345 e. The average Bonchev–Trinajstić information content (AvgIpc) is 2.71. The SMILES string of the molecule is COC(=O)C1=C(NCc2cc(OC)ccc2OC)C2C=CC=C(Cl)C2=NC1=O. The number of halogens is 1. The van der Waals surface area contributed by atoms with Gasteiger partial charge in [0.05, 0.1) is 38.0 Å². The van der Waals surface area contributed by atoms with Crippen LogP contribution in [0.2, 0.25) is 0 Å². The second kappa shape index (κ2) is 8.31. The number of fused-ring (bicyclic) bond motifs is 1. The minimum atomic E-state index is -0.757. The third kappa shape index (κ3) is 3.66. The van der Waals surface area contributed by atoms with Crippen LogP contribution >= 0.6 is 11.6 Å². The molecule has 3 rings (SSSR count). The van der Waals surface area contributed by atoms with Crippen molar-refractivity contribution in [2.24, 2.45) is 10.9 Å². The summed E-state index contributed by atoms with van der Waals surface area (Å²) in [6.45, 7) is 0.280. The number of esters is 1. The van der Waals surface area contributed by atoms with Gasteiger partial charge in [-0.3, -0.25) is 4.79 Å². The Morgan fingerprint density at radius 1 is 1.25 bits per heavy atom. The molecule has 146 valence electrons. The van der Waals surface area contributed by atoms with E-state index in [1.807, 2.05) is 12.1 Å². The fourth-order valence-electron chi connectivity index (χ4n) is 3.08. The first-order valence-corrected chi connectivity index (χ1v) is 8.82. The van der Waals surface area contributed by atoms with Gasteiger partial charge >= 0.3 is 5.97 Å². The summed E-state index contributed by atoms with van der Waals surface area (Å²) in [6, 6.07) is 5.38. The first kappa shape index (κ1) is 19.7.